The van der Waals surface area contributed by atoms with E-state index in [1.165, 1.54) is 19.3 Å². The first-order chi connectivity index (χ1) is 9.86. The van der Waals surface area contributed by atoms with E-state index in [9.17, 15) is 5.11 Å². The molecule has 1 aliphatic carbocycles. The summed E-state index contributed by atoms with van der Waals surface area (Å²) in [5.41, 5.74) is 1.05. The van der Waals surface area contributed by atoms with Gasteiger partial charge in [0.25, 0.3) is 0 Å². The predicted octanol–water partition coefficient (Wildman–Crippen LogP) is 2.69. The molecule has 1 heterocycles. The lowest BCUT2D eigenvalue weighted by molar-refractivity contribution is 0.0863. The Labute approximate surface area is 119 Å². The van der Waals surface area contributed by atoms with Crippen LogP contribution in [-0.4, -0.2) is 34.2 Å². The first kappa shape index (κ1) is 13.3. The molecule has 4 heteroatoms. The number of rotatable bonds is 6. The summed E-state index contributed by atoms with van der Waals surface area (Å²) in [6.45, 7) is 1.55. The monoisotopic (exact) mass is 272 g/mol. The van der Waals surface area contributed by atoms with Gasteiger partial charge >= 0.3 is 0 Å². The van der Waals surface area contributed by atoms with Gasteiger partial charge in [-0.1, -0.05) is 36.8 Å². The molecule has 1 N–H and O–H groups in total. The van der Waals surface area contributed by atoms with Crippen molar-refractivity contribution in [1.82, 2.24) is 9.88 Å². The minimum absolute atomic E-state index is 0.183. The van der Waals surface area contributed by atoms with Crippen molar-refractivity contribution >= 4 is 0 Å². The van der Waals surface area contributed by atoms with E-state index >= 15 is 0 Å². The lowest BCUT2D eigenvalue weighted by atomic mass is 9.91. The fraction of sp³-hybridized carbons (Fsp3) is 0.438. The van der Waals surface area contributed by atoms with Crippen LogP contribution in [0.1, 0.15) is 25.2 Å². The van der Waals surface area contributed by atoms with Crippen LogP contribution in [0, 0.1) is 0 Å². The molecule has 0 saturated heterocycles. The summed E-state index contributed by atoms with van der Waals surface area (Å²) in [5.74, 6) is 1.53. The van der Waals surface area contributed by atoms with Crippen LogP contribution in [0.4, 0.5) is 0 Å². The molecular formula is C16H20N2O2. The minimum atomic E-state index is 0.183. The molecule has 0 radical (unpaired) electrons. The maximum atomic E-state index is 9.17. The van der Waals surface area contributed by atoms with Gasteiger partial charge in [0, 0.05) is 18.2 Å². The third-order valence-corrected chi connectivity index (χ3v) is 3.93. The first-order valence-electron chi connectivity index (χ1n) is 7.22. The van der Waals surface area contributed by atoms with Gasteiger partial charge in [0.15, 0.2) is 5.76 Å². The number of hydrogen-bond acceptors (Lipinski definition) is 4. The number of oxazole rings is 1. The molecular weight excluding hydrogens is 252 g/mol. The SMILES string of the molecule is OCCN(Cc1ncc(-c2ccccc2)o1)C1CCC1. The molecule has 3 rings (SSSR count). The summed E-state index contributed by atoms with van der Waals surface area (Å²) in [6, 6.07) is 10.6. The molecule has 0 aliphatic heterocycles. The minimum Gasteiger partial charge on any atom is -0.439 e. The van der Waals surface area contributed by atoms with E-state index in [4.69, 9.17) is 4.42 Å². The van der Waals surface area contributed by atoms with Crippen molar-refractivity contribution in [2.45, 2.75) is 31.8 Å². The van der Waals surface area contributed by atoms with E-state index in [-0.39, 0.29) is 6.61 Å². The molecule has 0 atom stereocenters. The summed E-state index contributed by atoms with van der Waals surface area (Å²) < 4.78 is 5.83. The highest BCUT2D eigenvalue weighted by Crippen LogP contribution is 2.27. The number of hydrogen-bond donors (Lipinski definition) is 1. The van der Waals surface area contributed by atoms with Crippen LogP contribution in [0.5, 0.6) is 0 Å². The Kier molecular flexibility index (Phi) is 4.14. The van der Waals surface area contributed by atoms with Crippen molar-refractivity contribution in [2.24, 2.45) is 0 Å². The van der Waals surface area contributed by atoms with Gasteiger partial charge in [-0.25, -0.2) is 4.98 Å². The first-order valence-corrected chi connectivity index (χ1v) is 7.22. The Morgan fingerprint density at radius 3 is 2.70 bits per heavy atom. The Bertz CT molecular complexity index is 534. The van der Waals surface area contributed by atoms with Crippen molar-refractivity contribution in [3.63, 3.8) is 0 Å². The maximum Gasteiger partial charge on any atom is 0.209 e. The molecule has 1 saturated carbocycles. The molecule has 106 valence electrons. The van der Waals surface area contributed by atoms with Gasteiger partial charge in [-0.15, -0.1) is 0 Å². The molecule has 1 fully saturated rings. The Morgan fingerprint density at radius 1 is 1.25 bits per heavy atom. The van der Waals surface area contributed by atoms with Crippen LogP contribution in [-0.2, 0) is 6.54 Å². The van der Waals surface area contributed by atoms with E-state index in [0.29, 0.717) is 19.1 Å². The second-order valence-corrected chi connectivity index (χ2v) is 5.26. The second-order valence-electron chi connectivity index (χ2n) is 5.26. The molecule has 4 nitrogen and oxygen atoms in total. The zero-order chi connectivity index (χ0) is 13.8. The molecule has 2 aromatic rings. The number of aliphatic hydroxyl groups is 1. The van der Waals surface area contributed by atoms with E-state index in [1.54, 1.807) is 6.20 Å². The summed E-state index contributed by atoms with van der Waals surface area (Å²) >= 11 is 0. The van der Waals surface area contributed by atoms with Crippen molar-refractivity contribution in [3.05, 3.63) is 42.4 Å². The van der Waals surface area contributed by atoms with Gasteiger partial charge in [0.05, 0.1) is 19.3 Å². The van der Waals surface area contributed by atoms with Gasteiger partial charge < -0.3 is 9.52 Å². The van der Waals surface area contributed by atoms with Gasteiger partial charge in [-0.2, -0.15) is 0 Å². The normalized spacial score (nSPS) is 15.5. The Hall–Kier alpha value is -1.65. The zero-order valence-corrected chi connectivity index (χ0v) is 11.5. The number of nitrogens with zero attached hydrogens (tertiary/aromatic N) is 2. The van der Waals surface area contributed by atoms with Crippen LogP contribution < -0.4 is 0 Å². The van der Waals surface area contributed by atoms with Crippen molar-refractivity contribution in [3.8, 4) is 11.3 Å². The molecule has 0 bridgehead atoms. The molecule has 0 amide bonds. The highest BCUT2D eigenvalue weighted by molar-refractivity contribution is 5.55. The van der Waals surface area contributed by atoms with Crippen molar-refractivity contribution < 1.29 is 9.52 Å². The van der Waals surface area contributed by atoms with Crippen LogP contribution >= 0.6 is 0 Å². The van der Waals surface area contributed by atoms with E-state index in [0.717, 1.165) is 17.2 Å². The average molecular weight is 272 g/mol. The highest BCUT2D eigenvalue weighted by atomic mass is 16.4. The van der Waals surface area contributed by atoms with Crippen LogP contribution in [0.25, 0.3) is 11.3 Å². The van der Waals surface area contributed by atoms with E-state index in [2.05, 4.69) is 9.88 Å². The fourth-order valence-corrected chi connectivity index (χ4v) is 2.56. The molecule has 1 aliphatic rings. The smallest absolute Gasteiger partial charge is 0.209 e. The molecule has 0 unspecified atom stereocenters. The highest BCUT2D eigenvalue weighted by Gasteiger charge is 2.25. The lowest BCUT2D eigenvalue weighted by Gasteiger charge is -2.36. The number of aromatic nitrogens is 1. The third-order valence-electron chi connectivity index (χ3n) is 3.93. The van der Waals surface area contributed by atoms with Crippen LogP contribution in [0.3, 0.4) is 0 Å². The van der Waals surface area contributed by atoms with Gasteiger partial charge in [0.1, 0.15) is 0 Å². The Morgan fingerprint density at radius 2 is 2.05 bits per heavy atom. The van der Waals surface area contributed by atoms with Gasteiger partial charge in [0.2, 0.25) is 5.89 Å². The van der Waals surface area contributed by atoms with E-state index in [1.807, 2.05) is 30.3 Å². The number of benzene rings is 1. The molecule has 20 heavy (non-hydrogen) atoms. The largest absolute Gasteiger partial charge is 0.439 e. The molecule has 1 aromatic heterocycles. The Balaban J connectivity index is 1.69. The van der Waals surface area contributed by atoms with E-state index < -0.39 is 0 Å². The maximum absolute atomic E-state index is 9.17. The summed E-state index contributed by atoms with van der Waals surface area (Å²) in [7, 11) is 0. The topological polar surface area (TPSA) is 49.5 Å². The third kappa shape index (κ3) is 2.92. The van der Waals surface area contributed by atoms with Crippen LogP contribution in [0.15, 0.2) is 40.9 Å². The predicted molar refractivity (Wildman–Crippen MR) is 77.1 cm³/mol. The lowest BCUT2D eigenvalue weighted by Crippen LogP contribution is -2.41. The van der Waals surface area contributed by atoms with Crippen molar-refractivity contribution in [2.75, 3.05) is 13.2 Å². The molecule has 1 aromatic carbocycles. The van der Waals surface area contributed by atoms with Crippen LogP contribution in [0.2, 0.25) is 0 Å². The average Bonchev–Trinajstić information content (AvgIpc) is 2.87. The summed E-state index contributed by atoms with van der Waals surface area (Å²) in [6.07, 6.45) is 5.49. The molecule has 0 spiro atoms. The van der Waals surface area contributed by atoms with Crippen molar-refractivity contribution in [1.29, 1.82) is 0 Å². The van der Waals surface area contributed by atoms with Gasteiger partial charge in [-0.3, -0.25) is 4.90 Å². The fourth-order valence-electron chi connectivity index (χ4n) is 2.56. The summed E-state index contributed by atoms with van der Waals surface area (Å²) in [4.78, 5) is 6.63. The second kappa shape index (κ2) is 6.20. The number of aliphatic hydroxyl groups excluding tert-OH is 1. The summed E-state index contributed by atoms with van der Waals surface area (Å²) in [5, 5.41) is 9.17. The zero-order valence-electron chi connectivity index (χ0n) is 11.5. The quantitative estimate of drug-likeness (QED) is 0.878. The van der Waals surface area contributed by atoms with Gasteiger partial charge in [-0.05, 0) is 12.8 Å². The standard InChI is InChI=1S/C16H20N2O2/c19-10-9-18(14-7-4-8-14)12-16-17-11-15(20-16)13-5-2-1-3-6-13/h1-3,5-6,11,14,19H,4,7-10,12H2.